The molecule has 2 nitrogen and oxygen atoms in total. The Bertz CT molecular complexity index is 582. The van der Waals surface area contributed by atoms with Crippen molar-refractivity contribution in [2.24, 2.45) is 5.73 Å². The van der Waals surface area contributed by atoms with Crippen LogP contribution in [0.3, 0.4) is 0 Å². The van der Waals surface area contributed by atoms with Gasteiger partial charge in [-0.25, -0.2) is 4.98 Å². The summed E-state index contributed by atoms with van der Waals surface area (Å²) in [4.78, 5) is 4.19. The van der Waals surface area contributed by atoms with E-state index in [0.717, 1.165) is 18.2 Å². The van der Waals surface area contributed by atoms with Crippen molar-refractivity contribution >= 4 is 23.1 Å². The van der Waals surface area contributed by atoms with Gasteiger partial charge in [-0.3, -0.25) is 0 Å². The third-order valence-electron chi connectivity index (χ3n) is 2.98. The highest BCUT2D eigenvalue weighted by atomic mass is 32.2. The molecule has 0 fully saturated rings. The summed E-state index contributed by atoms with van der Waals surface area (Å²) in [6.07, 6.45) is -1.63. The Hall–Kier alpha value is -1.05. The third-order valence-corrected chi connectivity index (χ3v) is 4.94. The molecule has 0 aliphatic heterocycles. The number of nitrogens with zero attached hydrogens (tertiary/aromatic N) is 1. The van der Waals surface area contributed by atoms with Crippen LogP contribution < -0.4 is 5.73 Å². The Morgan fingerprint density at radius 2 is 2.14 bits per heavy atom. The molecule has 2 aromatic rings. The number of halogens is 3. The van der Waals surface area contributed by atoms with E-state index in [-0.39, 0.29) is 10.9 Å². The molecule has 0 saturated heterocycles. The van der Waals surface area contributed by atoms with Crippen molar-refractivity contribution in [3.8, 4) is 0 Å². The van der Waals surface area contributed by atoms with E-state index in [0.29, 0.717) is 16.3 Å². The number of hydrogen-bond acceptors (Lipinski definition) is 4. The first-order valence-electron chi connectivity index (χ1n) is 6.43. The first kappa shape index (κ1) is 16.3. The van der Waals surface area contributed by atoms with Gasteiger partial charge in [0.05, 0.1) is 5.56 Å². The summed E-state index contributed by atoms with van der Waals surface area (Å²) < 4.78 is 40.2. The van der Waals surface area contributed by atoms with E-state index in [1.807, 2.05) is 6.92 Å². The highest BCUT2D eigenvalue weighted by Gasteiger charge is 2.34. The van der Waals surface area contributed by atoms with E-state index in [2.05, 4.69) is 4.98 Å². The maximum atomic E-state index is 13.2. The van der Waals surface area contributed by atoms with E-state index in [1.54, 1.807) is 17.6 Å². The fourth-order valence-corrected chi connectivity index (χ4v) is 3.53. The largest absolute Gasteiger partial charge is 0.417 e. The fraction of sp³-hybridized carbons (Fsp3) is 0.357. The Kier molecular flexibility index (Phi) is 5.29. The first-order valence-corrected chi connectivity index (χ1v) is 8.12. The molecule has 1 aromatic carbocycles. The Balaban J connectivity index is 2.32. The minimum absolute atomic E-state index is 0.122. The number of aromatic nitrogens is 1. The summed E-state index contributed by atoms with van der Waals surface area (Å²) in [6.45, 7) is 1.92. The zero-order valence-corrected chi connectivity index (χ0v) is 13.0. The van der Waals surface area contributed by atoms with Gasteiger partial charge >= 0.3 is 6.18 Å². The summed E-state index contributed by atoms with van der Waals surface area (Å²) in [5, 5.41) is 1.74. The van der Waals surface area contributed by atoms with E-state index >= 15 is 0 Å². The molecule has 0 saturated carbocycles. The van der Waals surface area contributed by atoms with Gasteiger partial charge in [0, 0.05) is 22.5 Å². The van der Waals surface area contributed by atoms with Gasteiger partial charge in [-0.2, -0.15) is 13.2 Å². The number of thiazole rings is 1. The van der Waals surface area contributed by atoms with Crippen molar-refractivity contribution in [1.82, 2.24) is 4.98 Å². The van der Waals surface area contributed by atoms with Gasteiger partial charge in [-0.05, 0) is 30.5 Å². The van der Waals surface area contributed by atoms with Gasteiger partial charge in [0.1, 0.15) is 0 Å². The van der Waals surface area contributed by atoms with E-state index in [4.69, 9.17) is 5.73 Å². The molecule has 21 heavy (non-hydrogen) atoms. The molecule has 1 atom stereocenters. The number of hydrogen-bond donors (Lipinski definition) is 1. The SMILES string of the molecule is CCC(N)Cc1ccc(Sc2nccs2)c(C(F)(F)F)c1. The molecule has 0 spiro atoms. The zero-order chi connectivity index (χ0) is 15.5. The van der Waals surface area contributed by atoms with Crippen LogP contribution in [-0.4, -0.2) is 11.0 Å². The van der Waals surface area contributed by atoms with Crippen LogP contribution in [0, 0.1) is 0 Å². The number of alkyl halides is 3. The van der Waals surface area contributed by atoms with Crippen molar-refractivity contribution in [3.63, 3.8) is 0 Å². The Morgan fingerprint density at radius 3 is 2.71 bits per heavy atom. The van der Waals surface area contributed by atoms with Crippen LogP contribution in [0.1, 0.15) is 24.5 Å². The molecule has 0 amide bonds. The topological polar surface area (TPSA) is 38.9 Å². The van der Waals surface area contributed by atoms with Crippen LogP contribution in [0.15, 0.2) is 39.0 Å². The second-order valence-electron chi connectivity index (χ2n) is 4.60. The lowest BCUT2D eigenvalue weighted by molar-refractivity contribution is -0.139. The van der Waals surface area contributed by atoms with Crippen molar-refractivity contribution < 1.29 is 13.2 Å². The standard InChI is InChI=1S/C14H15F3N2S2/c1-2-10(18)7-9-3-4-12(11(8-9)14(15,16)17)21-13-19-5-6-20-13/h3-6,8,10H,2,7,18H2,1H3. The molecule has 0 bridgehead atoms. The quantitative estimate of drug-likeness (QED) is 0.870. The number of benzene rings is 1. The van der Waals surface area contributed by atoms with Gasteiger partial charge in [-0.15, -0.1) is 11.3 Å². The molecular weight excluding hydrogens is 317 g/mol. The monoisotopic (exact) mass is 332 g/mol. The van der Waals surface area contributed by atoms with Crippen molar-refractivity contribution in [2.45, 2.75) is 41.2 Å². The van der Waals surface area contributed by atoms with Gasteiger partial charge in [0.25, 0.3) is 0 Å². The minimum atomic E-state index is -4.38. The normalized spacial score (nSPS) is 13.4. The number of rotatable bonds is 5. The molecule has 0 radical (unpaired) electrons. The summed E-state index contributed by atoms with van der Waals surface area (Å²) in [5.41, 5.74) is 5.81. The molecule has 1 aromatic heterocycles. The molecule has 7 heteroatoms. The molecule has 0 aliphatic rings. The second-order valence-corrected chi connectivity index (χ2v) is 6.78. The van der Waals surface area contributed by atoms with Gasteiger partial charge in [0.2, 0.25) is 0 Å². The summed E-state index contributed by atoms with van der Waals surface area (Å²) in [5.74, 6) is 0. The van der Waals surface area contributed by atoms with Crippen molar-refractivity contribution in [2.75, 3.05) is 0 Å². The molecule has 2 N–H and O–H groups in total. The maximum Gasteiger partial charge on any atom is 0.417 e. The van der Waals surface area contributed by atoms with E-state index in [9.17, 15) is 13.2 Å². The van der Waals surface area contributed by atoms with Crippen molar-refractivity contribution in [3.05, 3.63) is 40.9 Å². The highest BCUT2D eigenvalue weighted by molar-refractivity contribution is 8.01. The van der Waals surface area contributed by atoms with Gasteiger partial charge < -0.3 is 5.73 Å². The lowest BCUT2D eigenvalue weighted by Gasteiger charge is -2.15. The lowest BCUT2D eigenvalue weighted by Crippen LogP contribution is -2.21. The maximum absolute atomic E-state index is 13.2. The molecule has 114 valence electrons. The van der Waals surface area contributed by atoms with E-state index in [1.165, 1.54) is 23.5 Å². The molecule has 1 unspecified atom stereocenters. The molecule has 0 aliphatic carbocycles. The first-order chi connectivity index (χ1) is 9.90. The van der Waals surface area contributed by atoms with Crippen LogP contribution in [0.5, 0.6) is 0 Å². The second kappa shape index (κ2) is 6.81. The van der Waals surface area contributed by atoms with Crippen LogP contribution >= 0.6 is 23.1 Å². The molecule has 1 heterocycles. The van der Waals surface area contributed by atoms with Crippen LogP contribution in [0.25, 0.3) is 0 Å². The van der Waals surface area contributed by atoms with Crippen LogP contribution in [0.4, 0.5) is 13.2 Å². The third kappa shape index (κ3) is 4.46. The van der Waals surface area contributed by atoms with Gasteiger partial charge in [-0.1, -0.05) is 24.8 Å². The van der Waals surface area contributed by atoms with Crippen molar-refractivity contribution in [1.29, 1.82) is 0 Å². The summed E-state index contributed by atoms with van der Waals surface area (Å²) in [6, 6.07) is 4.29. The Labute approximate surface area is 129 Å². The zero-order valence-electron chi connectivity index (χ0n) is 11.4. The lowest BCUT2D eigenvalue weighted by atomic mass is 10.0. The smallest absolute Gasteiger partial charge is 0.327 e. The predicted molar refractivity (Wildman–Crippen MR) is 79.7 cm³/mol. The average Bonchev–Trinajstić information content (AvgIpc) is 2.92. The van der Waals surface area contributed by atoms with Crippen LogP contribution in [-0.2, 0) is 12.6 Å². The predicted octanol–water partition coefficient (Wildman–Crippen LogP) is 4.59. The minimum Gasteiger partial charge on any atom is -0.327 e. The summed E-state index contributed by atoms with van der Waals surface area (Å²) in [7, 11) is 0. The Morgan fingerprint density at radius 1 is 1.38 bits per heavy atom. The highest BCUT2D eigenvalue weighted by Crippen LogP contribution is 2.40. The summed E-state index contributed by atoms with van der Waals surface area (Å²) >= 11 is 2.36. The van der Waals surface area contributed by atoms with Gasteiger partial charge in [0.15, 0.2) is 4.34 Å². The van der Waals surface area contributed by atoms with E-state index < -0.39 is 11.7 Å². The van der Waals surface area contributed by atoms with Crippen LogP contribution in [0.2, 0.25) is 0 Å². The number of nitrogens with two attached hydrogens (primary N) is 1. The average molecular weight is 332 g/mol. The fourth-order valence-electron chi connectivity index (χ4n) is 1.82. The molecule has 2 rings (SSSR count). The molecular formula is C14H15F3N2S2.